The molecule has 0 saturated heterocycles. The van der Waals surface area contributed by atoms with Crippen molar-refractivity contribution in [3.63, 3.8) is 0 Å². The predicted molar refractivity (Wildman–Crippen MR) is 56.4 cm³/mol. The van der Waals surface area contributed by atoms with E-state index in [1.807, 2.05) is 0 Å². The quantitative estimate of drug-likeness (QED) is 0.443. The molecule has 0 aliphatic carbocycles. The van der Waals surface area contributed by atoms with Gasteiger partial charge in [-0.2, -0.15) is 0 Å². The van der Waals surface area contributed by atoms with E-state index >= 15 is 0 Å². The van der Waals surface area contributed by atoms with E-state index in [1.54, 1.807) is 18.2 Å². The maximum atomic E-state index is 10.0. The average molecular weight is 351 g/mol. The second-order valence-corrected chi connectivity index (χ2v) is 13.2. The Morgan fingerprint density at radius 2 is 1.54 bits per heavy atom. The van der Waals surface area contributed by atoms with Crippen LogP contribution in [0.5, 0.6) is 0 Å². The third kappa shape index (κ3) is 8.63. The van der Waals surface area contributed by atoms with Gasteiger partial charge in [0.05, 0.1) is 4.92 Å². The van der Waals surface area contributed by atoms with Crippen molar-refractivity contribution in [2.45, 2.75) is 0 Å². The molecule has 0 spiro atoms. The van der Waals surface area contributed by atoms with Crippen molar-refractivity contribution >= 4 is 49.0 Å². The van der Waals surface area contributed by atoms with Crippen molar-refractivity contribution in [2.75, 3.05) is 0 Å². The first kappa shape index (κ1) is 13.3. The van der Waals surface area contributed by atoms with E-state index in [-0.39, 0.29) is 5.69 Å². The first-order valence-corrected chi connectivity index (χ1v) is 12.7. The SMILES string of the molecule is O=[N+]([O-])c1ccccc1.[Cl][Sb]([Cl])[Cl]. The number of non-ortho nitro benzene ring substituents is 1. The Labute approximate surface area is 93.7 Å². The van der Waals surface area contributed by atoms with E-state index in [9.17, 15) is 10.1 Å². The fourth-order valence-electron chi connectivity index (χ4n) is 0.550. The summed E-state index contributed by atoms with van der Waals surface area (Å²) in [7, 11) is 15.0. The summed E-state index contributed by atoms with van der Waals surface area (Å²) in [6.45, 7) is 0. The van der Waals surface area contributed by atoms with E-state index in [0.29, 0.717) is 0 Å². The van der Waals surface area contributed by atoms with Gasteiger partial charge in [-0.05, 0) is 0 Å². The Balaban J connectivity index is 0.000000310. The summed E-state index contributed by atoms with van der Waals surface area (Å²) < 4.78 is 0. The van der Waals surface area contributed by atoms with Gasteiger partial charge in [-0.1, -0.05) is 18.2 Å². The number of nitro benzene ring substituents is 1. The van der Waals surface area contributed by atoms with Gasteiger partial charge in [-0.3, -0.25) is 10.1 Å². The predicted octanol–water partition coefficient (Wildman–Crippen LogP) is 3.28. The van der Waals surface area contributed by atoms with E-state index in [0.717, 1.165) is 0 Å². The van der Waals surface area contributed by atoms with Crippen LogP contribution in [0, 0.1) is 10.1 Å². The molecule has 0 unspecified atom stereocenters. The van der Waals surface area contributed by atoms with Crippen LogP contribution in [0.15, 0.2) is 30.3 Å². The Morgan fingerprint density at radius 3 is 1.77 bits per heavy atom. The second-order valence-electron chi connectivity index (χ2n) is 1.78. The van der Waals surface area contributed by atoms with Gasteiger partial charge in [0.25, 0.3) is 5.69 Å². The van der Waals surface area contributed by atoms with Gasteiger partial charge in [0, 0.05) is 12.1 Å². The Morgan fingerprint density at radius 1 is 1.15 bits per heavy atom. The standard InChI is InChI=1S/C6H5NO2.3ClH.Sb/c8-7(9)6-4-2-1-3-5-6;;;;/h1-5H;3*1H;/q;;;;+3/p-3. The molecule has 0 N–H and O–H groups in total. The summed E-state index contributed by atoms with van der Waals surface area (Å²) in [5.74, 6) is 0. The zero-order valence-electron chi connectivity index (χ0n) is 6.23. The second kappa shape index (κ2) is 7.69. The molecule has 7 heteroatoms. The van der Waals surface area contributed by atoms with Crippen LogP contribution >= 0.6 is 26.5 Å². The number of nitrogens with zero attached hydrogens (tertiary/aromatic N) is 1. The molecule has 1 aromatic rings. The molecule has 0 radical (unpaired) electrons. The summed E-state index contributed by atoms with van der Waals surface area (Å²) >= 11 is -2.03. The fraction of sp³-hybridized carbons (Fsp3) is 0. The summed E-state index contributed by atoms with van der Waals surface area (Å²) in [6.07, 6.45) is 0. The number of hydrogen-bond acceptors (Lipinski definition) is 2. The van der Waals surface area contributed by atoms with Crippen LogP contribution in [-0.2, 0) is 0 Å². The number of hydrogen-bond donors (Lipinski definition) is 0. The topological polar surface area (TPSA) is 43.1 Å². The molecule has 72 valence electrons. The van der Waals surface area contributed by atoms with Gasteiger partial charge in [0.2, 0.25) is 0 Å². The van der Waals surface area contributed by atoms with E-state index in [4.69, 9.17) is 26.5 Å². The van der Waals surface area contributed by atoms with Crippen LogP contribution in [0.3, 0.4) is 0 Å². The van der Waals surface area contributed by atoms with E-state index in [2.05, 4.69) is 0 Å². The molecule has 0 saturated carbocycles. The maximum absolute atomic E-state index is 10.0. The summed E-state index contributed by atoms with van der Waals surface area (Å²) in [4.78, 5) is 9.59. The van der Waals surface area contributed by atoms with Crippen molar-refractivity contribution < 1.29 is 4.92 Å². The molecule has 0 amide bonds. The number of benzene rings is 1. The molecular formula is C6H5Cl3NO2Sb. The van der Waals surface area contributed by atoms with E-state index < -0.39 is 21.7 Å². The van der Waals surface area contributed by atoms with Gasteiger partial charge in [-0.25, -0.2) is 0 Å². The molecule has 0 bridgehead atoms. The number of rotatable bonds is 1. The van der Waals surface area contributed by atoms with Crippen molar-refractivity contribution in [2.24, 2.45) is 0 Å². The normalized spacial score (nSPS) is 8.92. The van der Waals surface area contributed by atoms with Crippen molar-refractivity contribution in [3.8, 4) is 0 Å². The molecule has 1 rings (SSSR count). The minimum atomic E-state index is -2.03. The molecular weight excluding hydrogens is 346 g/mol. The third-order valence-electron chi connectivity index (χ3n) is 0.967. The number of para-hydroxylation sites is 1. The molecule has 0 heterocycles. The average Bonchev–Trinajstić information content (AvgIpc) is 2.05. The molecule has 0 aliphatic rings. The first-order chi connectivity index (χ1) is 6.04. The van der Waals surface area contributed by atoms with Gasteiger partial charge in [0.1, 0.15) is 0 Å². The van der Waals surface area contributed by atoms with Crippen LogP contribution in [0.1, 0.15) is 0 Å². The van der Waals surface area contributed by atoms with Crippen LogP contribution < -0.4 is 0 Å². The molecule has 0 aromatic heterocycles. The first-order valence-electron chi connectivity index (χ1n) is 3.01. The molecule has 13 heavy (non-hydrogen) atoms. The Kier molecular flexibility index (Phi) is 7.87. The van der Waals surface area contributed by atoms with Crippen molar-refractivity contribution in [1.29, 1.82) is 0 Å². The fourth-order valence-corrected chi connectivity index (χ4v) is 0.550. The van der Waals surface area contributed by atoms with Gasteiger partial charge in [-0.15, -0.1) is 0 Å². The molecule has 1 aromatic carbocycles. The van der Waals surface area contributed by atoms with Crippen LogP contribution in [0.25, 0.3) is 0 Å². The number of halogens is 3. The Hall–Kier alpha value is 0.308. The summed E-state index contributed by atoms with van der Waals surface area (Å²) in [5, 5.41) is 10.0. The van der Waals surface area contributed by atoms with Crippen molar-refractivity contribution in [3.05, 3.63) is 40.4 Å². The summed E-state index contributed by atoms with van der Waals surface area (Å²) in [5.41, 5.74) is 0.137. The Bertz CT molecular complexity index is 255. The monoisotopic (exact) mass is 349 g/mol. The third-order valence-corrected chi connectivity index (χ3v) is 0.967. The molecule has 0 aliphatic heterocycles. The van der Waals surface area contributed by atoms with Crippen LogP contribution in [-0.4, -0.2) is 21.7 Å². The zero-order chi connectivity index (χ0) is 10.3. The molecule has 0 fully saturated rings. The van der Waals surface area contributed by atoms with Gasteiger partial charge in [0.15, 0.2) is 0 Å². The van der Waals surface area contributed by atoms with Crippen molar-refractivity contribution in [1.82, 2.24) is 0 Å². The van der Waals surface area contributed by atoms with Crippen LogP contribution in [0.4, 0.5) is 5.69 Å². The molecule has 0 atom stereocenters. The van der Waals surface area contributed by atoms with Gasteiger partial charge < -0.3 is 0 Å². The minimum absolute atomic E-state index is 0.137. The zero-order valence-corrected chi connectivity index (χ0v) is 11.1. The summed E-state index contributed by atoms with van der Waals surface area (Å²) in [6, 6.07) is 7.93. The van der Waals surface area contributed by atoms with Gasteiger partial charge >= 0.3 is 43.3 Å². The van der Waals surface area contributed by atoms with Crippen LogP contribution in [0.2, 0.25) is 0 Å². The molecule has 3 nitrogen and oxygen atoms in total. The van der Waals surface area contributed by atoms with E-state index in [1.165, 1.54) is 12.1 Å². The number of nitro groups is 1.